The molecule has 0 bridgehead atoms. The molecule has 1 aliphatic heterocycles. The van der Waals surface area contributed by atoms with Gasteiger partial charge in [0.05, 0.1) is 24.5 Å². The minimum Gasteiger partial charge on any atom is -0.378 e. The van der Waals surface area contributed by atoms with E-state index < -0.39 is 0 Å². The first-order valence-corrected chi connectivity index (χ1v) is 10.2. The van der Waals surface area contributed by atoms with Crippen LogP contribution < -0.4 is 10.6 Å². The van der Waals surface area contributed by atoms with Gasteiger partial charge in [0, 0.05) is 50.9 Å². The SMILES string of the molecule is Cn1cc(Nc2ncc(C=N)c(NCc3ccccc3F)n2)cc1C(=O)N1CCOCC1. The van der Waals surface area contributed by atoms with Crippen LogP contribution in [0.3, 0.4) is 0 Å². The lowest BCUT2D eigenvalue weighted by atomic mass is 10.2. The third kappa shape index (κ3) is 4.75. The van der Waals surface area contributed by atoms with Gasteiger partial charge >= 0.3 is 0 Å². The minimum absolute atomic E-state index is 0.0591. The van der Waals surface area contributed by atoms with Crippen LogP contribution in [0.15, 0.2) is 42.7 Å². The summed E-state index contributed by atoms with van der Waals surface area (Å²) in [6, 6.07) is 8.22. The van der Waals surface area contributed by atoms with Crippen molar-refractivity contribution < 1.29 is 13.9 Å². The Bertz CT molecular complexity index is 1130. The van der Waals surface area contributed by atoms with Crippen molar-refractivity contribution in [2.24, 2.45) is 7.05 Å². The highest BCUT2D eigenvalue weighted by molar-refractivity contribution is 5.94. The molecule has 0 radical (unpaired) electrons. The van der Waals surface area contributed by atoms with Crippen molar-refractivity contribution in [1.29, 1.82) is 5.41 Å². The van der Waals surface area contributed by atoms with E-state index in [1.165, 1.54) is 12.3 Å². The van der Waals surface area contributed by atoms with E-state index in [0.717, 1.165) is 6.21 Å². The number of rotatable bonds is 7. The third-order valence-corrected chi connectivity index (χ3v) is 5.16. The van der Waals surface area contributed by atoms with Crippen LogP contribution in [0.25, 0.3) is 0 Å². The molecule has 0 spiro atoms. The number of anilines is 3. The zero-order valence-corrected chi connectivity index (χ0v) is 17.6. The molecule has 1 aliphatic rings. The Morgan fingerprint density at radius 3 is 2.84 bits per heavy atom. The summed E-state index contributed by atoms with van der Waals surface area (Å²) in [6.07, 6.45) is 4.43. The van der Waals surface area contributed by atoms with Crippen molar-refractivity contribution in [2.75, 3.05) is 36.9 Å². The molecule has 1 aromatic carbocycles. The van der Waals surface area contributed by atoms with Crippen LogP contribution >= 0.6 is 0 Å². The fraction of sp³-hybridized carbons (Fsp3) is 0.273. The van der Waals surface area contributed by atoms with E-state index in [1.807, 2.05) is 0 Å². The van der Waals surface area contributed by atoms with Gasteiger partial charge in [0.1, 0.15) is 17.3 Å². The first-order valence-electron chi connectivity index (χ1n) is 10.2. The number of morpholine rings is 1. The van der Waals surface area contributed by atoms with E-state index in [0.29, 0.717) is 60.6 Å². The maximum Gasteiger partial charge on any atom is 0.270 e. The van der Waals surface area contributed by atoms with E-state index in [9.17, 15) is 9.18 Å². The molecule has 0 saturated carbocycles. The Hall–Kier alpha value is -3.79. The average molecular weight is 437 g/mol. The number of ether oxygens (including phenoxy) is 1. The number of hydrogen-bond donors (Lipinski definition) is 3. The van der Waals surface area contributed by atoms with E-state index in [2.05, 4.69) is 20.6 Å². The summed E-state index contributed by atoms with van der Waals surface area (Å²) in [4.78, 5) is 23.2. The van der Waals surface area contributed by atoms with Gasteiger partial charge in [-0.3, -0.25) is 4.79 Å². The van der Waals surface area contributed by atoms with Crippen molar-refractivity contribution in [3.63, 3.8) is 0 Å². The second-order valence-corrected chi connectivity index (χ2v) is 7.34. The number of benzene rings is 1. The molecule has 2 aromatic heterocycles. The standard InChI is InChI=1S/C22H24FN7O2/c1-29-14-17(10-19(29)21(31)30-6-8-32-9-7-30)27-22-26-13-16(11-24)20(28-22)25-12-15-4-2-3-5-18(15)23/h2-5,10-11,13-14,24H,6-9,12H2,1H3,(H2,25,26,27,28). The topological polar surface area (TPSA) is 108 Å². The lowest BCUT2D eigenvalue weighted by molar-refractivity contribution is 0.0296. The average Bonchev–Trinajstić information content (AvgIpc) is 3.18. The largest absolute Gasteiger partial charge is 0.378 e. The summed E-state index contributed by atoms with van der Waals surface area (Å²) in [5.74, 6) is 0.325. The number of nitrogens with zero attached hydrogens (tertiary/aromatic N) is 4. The Labute approximate surface area is 184 Å². The number of nitrogens with one attached hydrogen (secondary N) is 3. The Kier molecular flexibility index (Phi) is 6.41. The van der Waals surface area contributed by atoms with Gasteiger partial charge in [0.2, 0.25) is 5.95 Å². The van der Waals surface area contributed by atoms with E-state index in [-0.39, 0.29) is 18.3 Å². The molecule has 3 heterocycles. The summed E-state index contributed by atoms with van der Waals surface area (Å²) < 4.78 is 21.0. The van der Waals surface area contributed by atoms with Gasteiger partial charge in [0.25, 0.3) is 5.91 Å². The Morgan fingerprint density at radius 1 is 1.31 bits per heavy atom. The molecular formula is C22H24FN7O2. The molecule has 32 heavy (non-hydrogen) atoms. The summed E-state index contributed by atoms with van der Waals surface area (Å²) in [6.45, 7) is 2.43. The number of aromatic nitrogens is 3. The maximum absolute atomic E-state index is 13.9. The molecule has 3 N–H and O–H groups in total. The van der Waals surface area contributed by atoms with Crippen molar-refractivity contribution in [1.82, 2.24) is 19.4 Å². The summed E-state index contributed by atoms with van der Waals surface area (Å²) >= 11 is 0. The van der Waals surface area contributed by atoms with Crippen LogP contribution in [-0.2, 0) is 18.3 Å². The smallest absolute Gasteiger partial charge is 0.270 e. The number of halogens is 1. The lowest BCUT2D eigenvalue weighted by Crippen LogP contribution is -2.41. The molecule has 3 aromatic rings. The highest BCUT2D eigenvalue weighted by Crippen LogP contribution is 2.21. The number of carbonyl (C=O) groups is 1. The van der Waals surface area contributed by atoms with Gasteiger partial charge in [-0.1, -0.05) is 18.2 Å². The summed E-state index contributed by atoms with van der Waals surface area (Å²) in [7, 11) is 1.80. The molecule has 4 rings (SSSR count). The molecule has 0 unspecified atom stereocenters. The first-order chi connectivity index (χ1) is 15.5. The fourth-order valence-electron chi connectivity index (χ4n) is 3.42. The molecule has 166 valence electrons. The van der Waals surface area contributed by atoms with Gasteiger partial charge < -0.3 is 30.2 Å². The number of carbonyl (C=O) groups excluding carboxylic acids is 1. The second kappa shape index (κ2) is 9.56. The molecule has 1 saturated heterocycles. The molecule has 1 fully saturated rings. The highest BCUT2D eigenvalue weighted by Gasteiger charge is 2.21. The van der Waals surface area contributed by atoms with Crippen LogP contribution in [0.1, 0.15) is 21.6 Å². The van der Waals surface area contributed by atoms with Crippen LogP contribution in [0.4, 0.5) is 21.8 Å². The van der Waals surface area contributed by atoms with E-state index in [1.54, 1.807) is 47.0 Å². The molecule has 1 amide bonds. The van der Waals surface area contributed by atoms with E-state index >= 15 is 0 Å². The predicted octanol–water partition coefficient (Wildman–Crippen LogP) is 2.78. The van der Waals surface area contributed by atoms with Crippen LogP contribution in [0.2, 0.25) is 0 Å². The van der Waals surface area contributed by atoms with Crippen LogP contribution in [0, 0.1) is 11.2 Å². The molecule has 9 nitrogen and oxygen atoms in total. The molecule has 0 atom stereocenters. The predicted molar refractivity (Wildman–Crippen MR) is 119 cm³/mol. The quantitative estimate of drug-likeness (QED) is 0.491. The van der Waals surface area contributed by atoms with Gasteiger partial charge in [-0.05, 0) is 12.1 Å². The van der Waals surface area contributed by atoms with Crippen molar-refractivity contribution >= 4 is 29.6 Å². The maximum atomic E-state index is 13.9. The van der Waals surface area contributed by atoms with Gasteiger partial charge in [-0.2, -0.15) is 4.98 Å². The van der Waals surface area contributed by atoms with Crippen molar-refractivity contribution in [3.05, 3.63) is 65.4 Å². The number of amides is 1. The van der Waals surface area contributed by atoms with Crippen LogP contribution in [-0.4, -0.2) is 57.9 Å². The molecule has 0 aliphatic carbocycles. The number of hydrogen-bond acceptors (Lipinski definition) is 7. The second-order valence-electron chi connectivity index (χ2n) is 7.34. The van der Waals surface area contributed by atoms with Crippen molar-refractivity contribution in [2.45, 2.75) is 6.54 Å². The summed E-state index contributed by atoms with van der Waals surface area (Å²) in [5, 5.41) is 13.7. The van der Waals surface area contributed by atoms with Gasteiger partial charge in [-0.25, -0.2) is 9.37 Å². The molecular weight excluding hydrogens is 413 g/mol. The Morgan fingerprint density at radius 2 is 2.09 bits per heavy atom. The van der Waals surface area contributed by atoms with E-state index in [4.69, 9.17) is 10.1 Å². The zero-order valence-electron chi connectivity index (χ0n) is 17.6. The Balaban J connectivity index is 1.49. The van der Waals surface area contributed by atoms with Crippen molar-refractivity contribution in [3.8, 4) is 0 Å². The normalized spacial score (nSPS) is 13.6. The monoisotopic (exact) mass is 437 g/mol. The molecule has 10 heteroatoms. The number of aryl methyl sites for hydroxylation is 1. The summed E-state index contributed by atoms with van der Waals surface area (Å²) in [5.41, 5.74) is 2.17. The minimum atomic E-state index is -0.314. The lowest BCUT2D eigenvalue weighted by Gasteiger charge is -2.26. The zero-order chi connectivity index (χ0) is 22.5. The van der Waals surface area contributed by atoms with Gasteiger partial charge in [0.15, 0.2) is 0 Å². The first kappa shape index (κ1) is 21.4. The van der Waals surface area contributed by atoms with Crippen LogP contribution in [0.5, 0.6) is 0 Å². The third-order valence-electron chi connectivity index (χ3n) is 5.16. The van der Waals surface area contributed by atoms with Gasteiger partial charge in [-0.15, -0.1) is 0 Å². The highest BCUT2D eigenvalue weighted by atomic mass is 19.1. The fourth-order valence-corrected chi connectivity index (χ4v) is 3.42.